The molecular formula is C15H14F3N5O. The van der Waals surface area contributed by atoms with Crippen LogP contribution in [0, 0.1) is 0 Å². The number of nitrogens with one attached hydrogen (secondary N) is 3. The minimum absolute atomic E-state index is 0.0260. The predicted octanol–water partition coefficient (Wildman–Crippen LogP) is 3.41. The molecule has 0 spiro atoms. The number of benzene rings is 1. The Kier molecular flexibility index (Phi) is 5.02. The third-order valence-electron chi connectivity index (χ3n) is 2.94. The quantitative estimate of drug-likeness (QED) is 0.729. The molecule has 0 bridgehead atoms. The van der Waals surface area contributed by atoms with Gasteiger partial charge >= 0.3 is 6.18 Å². The summed E-state index contributed by atoms with van der Waals surface area (Å²) in [5.41, 5.74) is -0.481. The van der Waals surface area contributed by atoms with E-state index in [0.29, 0.717) is 11.9 Å². The highest BCUT2D eigenvalue weighted by atomic mass is 19.4. The summed E-state index contributed by atoms with van der Waals surface area (Å²) in [5, 5.41) is 7.67. The van der Waals surface area contributed by atoms with E-state index in [1.807, 2.05) is 0 Å². The summed E-state index contributed by atoms with van der Waals surface area (Å²) in [7, 11) is 1.49. The molecule has 2 aromatic rings. The Balaban J connectivity index is 2.44. The van der Waals surface area contributed by atoms with Crippen LogP contribution in [-0.2, 0) is 11.0 Å². The van der Waals surface area contributed by atoms with Gasteiger partial charge in [-0.05, 0) is 18.2 Å². The first-order valence-electron chi connectivity index (χ1n) is 6.76. The number of carbonyl (C=O) groups is 1. The Morgan fingerprint density at radius 2 is 1.92 bits per heavy atom. The number of hydrogen-bond acceptors (Lipinski definition) is 5. The number of rotatable bonds is 5. The third kappa shape index (κ3) is 4.00. The highest BCUT2D eigenvalue weighted by Gasteiger charge is 2.35. The van der Waals surface area contributed by atoms with Crippen LogP contribution < -0.4 is 16.0 Å². The molecule has 1 aromatic heterocycles. The second kappa shape index (κ2) is 6.99. The lowest BCUT2D eigenvalue weighted by Gasteiger charge is -2.16. The summed E-state index contributed by atoms with van der Waals surface area (Å²) < 4.78 is 39.4. The molecule has 0 radical (unpaired) electrons. The number of hydrogen-bond donors (Lipinski definition) is 3. The molecule has 0 unspecified atom stereocenters. The van der Waals surface area contributed by atoms with E-state index in [0.717, 1.165) is 6.08 Å². The summed E-state index contributed by atoms with van der Waals surface area (Å²) >= 11 is 0. The molecule has 0 aliphatic heterocycles. The van der Waals surface area contributed by atoms with Crippen molar-refractivity contribution in [2.24, 2.45) is 0 Å². The number of alkyl halides is 3. The van der Waals surface area contributed by atoms with E-state index in [4.69, 9.17) is 0 Å². The Bertz CT molecular complexity index is 761. The molecule has 0 saturated heterocycles. The van der Waals surface area contributed by atoms with E-state index in [2.05, 4.69) is 32.5 Å². The standard InChI is InChI=1S/C15H14F3N5O/c1-3-12(24)21-10-6-4-5-7-11(10)22-13-9(15(16,17)18)8-20-14(19-2)23-13/h3-8H,1H2,2H3,(H,21,24)(H2,19,20,22,23). The van der Waals surface area contributed by atoms with Gasteiger partial charge in [0.25, 0.3) is 0 Å². The first-order valence-corrected chi connectivity index (χ1v) is 6.76. The molecule has 0 saturated carbocycles. The second-order valence-electron chi connectivity index (χ2n) is 4.57. The maximum atomic E-state index is 13.1. The lowest BCUT2D eigenvalue weighted by molar-refractivity contribution is -0.137. The van der Waals surface area contributed by atoms with Crippen LogP contribution in [0.3, 0.4) is 0 Å². The van der Waals surface area contributed by atoms with Crippen molar-refractivity contribution in [3.8, 4) is 0 Å². The molecule has 1 amide bonds. The van der Waals surface area contributed by atoms with Gasteiger partial charge < -0.3 is 16.0 Å². The summed E-state index contributed by atoms with van der Waals surface area (Å²) in [6, 6.07) is 6.30. The van der Waals surface area contributed by atoms with Gasteiger partial charge in [0.05, 0.1) is 11.4 Å². The van der Waals surface area contributed by atoms with Gasteiger partial charge in [0.2, 0.25) is 11.9 Å². The minimum atomic E-state index is -4.63. The average molecular weight is 337 g/mol. The molecule has 126 valence electrons. The van der Waals surface area contributed by atoms with Crippen LogP contribution in [-0.4, -0.2) is 22.9 Å². The number of anilines is 4. The third-order valence-corrected chi connectivity index (χ3v) is 2.94. The van der Waals surface area contributed by atoms with Gasteiger partial charge in [-0.2, -0.15) is 18.2 Å². The molecule has 2 rings (SSSR count). The van der Waals surface area contributed by atoms with Crippen molar-refractivity contribution >= 4 is 29.0 Å². The Morgan fingerprint density at radius 3 is 2.50 bits per heavy atom. The Labute approximate surface area is 135 Å². The van der Waals surface area contributed by atoms with E-state index in [-0.39, 0.29) is 11.6 Å². The molecule has 9 heteroatoms. The molecule has 1 aromatic carbocycles. The van der Waals surface area contributed by atoms with Gasteiger partial charge in [-0.3, -0.25) is 4.79 Å². The lowest BCUT2D eigenvalue weighted by atomic mass is 10.2. The molecule has 0 aliphatic carbocycles. The van der Waals surface area contributed by atoms with Crippen molar-refractivity contribution in [2.45, 2.75) is 6.18 Å². The Morgan fingerprint density at radius 1 is 1.25 bits per heavy atom. The summed E-state index contributed by atoms with van der Waals surface area (Å²) in [5.74, 6) is -0.890. The molecule has 0 atom stereocenters. The zero-order chi connectivity index (χ0) is 17.7. The van der Waals surface area contributed by atoms with Crippen LogP contribution in [0.25, 0.3) is 0 Å². The van der Waals surface area contributed by atoms with Crippen molar-refractivity contribution in [2.75, 3.05) is 23.0 Å². The van der Waals surface area contributed by atoms with Crippen LogP contribution in [0.2, 0.25) is 0 Å². The van der Waals surface area contributed by atoms with Gasteiger partial charge in [-0.25, -0.2) is 4.98 Å². The van der Waals surface area contributed by atoms with Gasteiger partial charge in [-0.1, -0.05) is 18.7 Å². The van der Waals surface area contributed by atoms with E-state index in [1.54, 1.807) is 12.1 Å². The summed E-state index contributed by atoms with van der Waals surface area (Å²) in [4.78, 5) is 18.8. The molecule has 3 N–H and O–H groups in total. The van der Waals surface area contributed by atoms with Crippen LogP contribution in [0.1, 0.15) is 5.56 Å². The van der Waals surface area contributed by atoms with Crippen LogP contribution in [0.4, 0.5) is 36.3 Å². The fourth-order valence-corrected chi connectivity index (χ4v) is 1.82. The Hall–Kier alpha value is -3.10. The average Bonchev–Trinajstić information content (AvgIpc) is 2.55. The van der Waals surface area contributed by atoms with Gasteiger partial charge in [0.15, 0.2) is 0 Å². The van der Waals surface area contributed by atoms with Crippen molar-refractivity contribution in [3.05, 3.63) is 48.7 Å². The van der Waals surface area contributed by atoms with Gasteiger partial charge in [0, 0.05) is 13.2 Å². The maximum absolute atomic E-state index is 13.1. The van der Waals surface area contributed by atoms with E-state index in [9.17, 15) is 18.0 Å². The number of amides is 1. The highest BCUT2D eigenvalue weighted by Crippen LogP contribution is 2.36. The summed E-state index contributed by atoms with van der Waals surface area (Å²) in [6.45, 7) is 3.33. The molecular weight excluding hydrogens is 323 g/mol. The largest absolute Gasteiger partial charge is 0.421 e. The summed E-state index contributed by atoms with van der Waals surface area (Å²) in [6.07, 6.45) is -2.89. The molecule has 24 heavy (non-hydrogen) atoms. The van der Waals surface area contributed by atoms with Crippen molar-refractivity contribution in [1.82, 2.24) is 9.97 Å². The van der Waals surface area contributed by atoms with Crippen LogP contribution in [0.5, 0.6) is 0 Å². The van der Waals surface area contributed by atoms with E-state index >= 15 is 0 Å². The molecule has 0 aliphatic rings. The van der Waals surface area contributed by atoms with Crippen LogP contribution in [0.15, 0.2) is 43.1 Å². The minimum Gasteiger partial charge on any atom is -0.357 e. The van der Waals surface area contributed by atoms with E-state index in [1.165, 1.54) is 19.2 Å². The number of carbonyl (C=O) groups excluding carboxylic acids is 1. The van der Waals surface area contributed by atoms with Gasteiger partial charge in [-0.15, -0.1) is 0 Å². The molecule has 0 fully saturated rings. The maximum Gasteiger partial charge on any atom is 0.421 e. The number of aromatic nitrogens is 2. The van der Waals surface area contributed by atoms with Crippen molar-refractivity contribution in [3.63, 3.8) is 0 Å². The smallest absolute Gasteiger partial charge is 0.357 e. The number of halogens is 3. The monoisotopic (exact) mass is 337 g/mol. The normalized spacial score (nSPS) is 10.8. The highest BCUT2D eigenvalue weighted by molar-refractivity contribution is 6.01. The number of para-hydroxylation sites is 2. The molecule has 1 heterocycles. The van der Waals surface area contributed by atoms with Crippen molar-refractivity contribution in [1.29, 1.82) is 0 Å². The zero-order valence-electron chi connectivity index (χ0n) is 12.6. The SMILES string of the molecule is C=CC(=O)Nc1ccccc1Nc1nc(NC)ncc1C(F)(F)F. The van der Waals surface area contributed by atoms with Gasteiger partial charge in [0.1, 0.15) is 11.4 Å². The predicted molar refractivity (Wildman–Crippen MR) is 85.1 cm³/mol. The lowest BCUT2D eigenvalue weighted by Crippen LogP contribution is -2.14. The molecule has 6 nitrogen and oxygen atoms in total. The van der Waals surface area contributed by atoms with Crippen LogP contribution >= 0.6 is 0 Å². The van der Waals surface area contributed by atoms with E-state index < -0.39 is 23.5 Å². The fourth-order valence-electron chi connectivity index (χ4n) is 1.82. The zero-order valence-corrected chi connectivity index (χ0v) is 12.6. The first-order chi connectivity index (χ1) is 11.3. The van der Waals surface area contributed by atoms with Crippen molar-refractivity contribution < 1.29 is 18.0 Å². The second-order valence-corrected chi connectivity index (χ2v) is 4.57. The fraction of sp³-hybridized carbons (Fsp3) is 0.133. The number of nitrogens with zero attached hydrogens (tertiary/aromatic N) is 2. The first kappa shape index (κ1) is 17.3. The topological polar surface area (TPSA) is 78.9 Å².